The minimum atomic E-state index is -2.64. The lowest BCUT2D eigenvalue weighted by Gasteiger charge is -2.06. The number of nitrogens with zero attached hydrogens (tertiary/aromatic N) is 1. The van der Waals surface area contributed by atoms with E-state index < -0.39 is 6.61 Å². The molecule has 0 spiro atoms. The van der Waals surface area contributed by atoms with Crippen LogP contribution in [0.1, 0.15) is 6.42 Å². The van der Waals surface area contributed by atoms with Gasteiger partial charge in [-0.1, -0.05) is 0 Å². The maximum Gasteiger partial charge on any atom is 0.345 e. The number of rotatable bonds is 2. The summed E-state index contributed by atoms with van der Waals surface area (Å²) in [5.41, 5.74) is 0. The van der Waals surface area contributed by atoms with E-state index in [9.17, 15) is 8.78 Å². The lowest BCUT2D eigenvalue weighted by molar-refractivity contribution is -0.156. The fourth-order valence-electron chi connectivity index (χ4n) is 0.818. The van der Waals surface area contributed by atoms with Crippen molar-refractivity contribution in [2.75, 3.05) is 13.1 Å². The smallest absolute Gasteiger partial charge is 0.318 e. The number of alkyl halides is 2. The average molecular weight is 136 g/mol. The molecule has 1 rings (SSSR count). The molecule has 0 aliphatic carbocycles. The molecule has 1 aliphatic rings. The van der Waals surface area contributed by atoms with E-state index >= 15 is 0 Å². The van der Waals surface area contributed by atoms with Crippen LogP contribution in [-0.2, 0) is 4.74 Å². The van der Waals surface area contributed by atoms with Crippen molar-refractivity contribution in [3.63, 3.8) is 0 Å². The van der Waals surface area contributed by atoms with Crippen molar-refractivity contribution in [1.82, 2.24) is 5.32 Å². The van der Waals surface area contributed by atoms with E-state index in [-0.39, 0.29) is 6.10 Å². The molecule has 1 heterocycles. The highest BCUT2D eigenvalue weighted by atomic mass is 19.3. The third kappa shape index (κ3) is 2.24. The summed E-state index contributed by atoms with van der Waals surface area (Å²) in [6.07, 6.45) is 0.314. The van der Waals surface area contributed by atoms with E-state index in [4.69, 9.17) is 0 Å². The lowest BCUT2D eigenvalue weighted by atomic mass is 10.3. The molecular weight excluding hydrogens is 128 g/mol. The van der Waals surface area contributed by atoms with Crippen LogP contribution in [0.3, 0.4) is 0 Å². The maximum atomic E-state index is 11.4. The Morgan fingerprint density at radius 2 is 2.33 bits per heavy atom. The molecule has 0 aromatic heterocycles. The third-order valence-corrected chi connectivity index (χ3v) is 1.24. The maximum absolute atomic E-state index is 11.4. The molecular formula is C5H8F2NO. The second kappa shape index (κ2) is 3.08. The van der Waals surface area contributed by atoms with Crippen molar-refractivity contribution < 1.29 is 13.5 Å². The van der Waals surface area contributed by atoms with Gasteiger partial charge in [-0.05, 0) is 6.42 Å². The van der Waals surface area contributed by atoms with E-state index in [0.717, 1.165) is 0 Å². The van der Waals surface area contributed by atoms with Gasteiger partial charge in [-0.2, -0.15) is 8.78 Å². The summed E-state index contributed by atoms with van der Waals surface area (Å²) in [5.74, 6) is 0. The van der Waals surface area contributed by atoms with Crippen LogP contribution in [0.5, 0.6) is 0 Å². The van der Waals surface area contributed by atoms with Gasteiger partial charge in [0.15, 0.2) is 0 Å². The van der Waals surface area contributed by atoms with Crippen molar-refractivity contribution in [3.05, 3.63) is 0 Å². The monoisotopic (exact) mass is 136 g/mol. The fourth-order valence-corrected chi connectivity index (χ4v) is 0.818. The molecule has 53 valence electrons. The Morgan fingerprint density at radius 3 is 2.78 bits per heavy atom. The molecule has 0 aromatic carbocycles. The molecule has 0 aromatic rings. The van der Waals surface area contributed by atoms with Gasteiger partial charge in [-0.25, -0.2) is 5.32 Å². The minimum absolute atomic E-state index is 0.329. The predicted molar refractivity (Wildman–Crippen MR) is 27.4 cm³/mol. The Kier molecular flexibility index (Phi) is 2.36. The summed E-state index contributed by atoms with van der Waals surface area (Å²) < 4.78 is 27.0. The zero-order valence-electron chi connectivity index (χ0n) is 4.89. The number of ether oxygens (including phenoxy) is 1. The molecule has 0 N–H and O–H groups in total. The normalized spacial score (nSPS) is 27.7. The third-order valence-electron chi connectivity index (χ3n) is 1.24. The van der Waals surface area contributed by atoms with Crippen molar-refractivity contribution in [3.8, 4) is 0 Å². The van der Waals surface area contributed by atoms with Crippen molar-refractivity contribution in [2.45, 2.75) is 19.1 Å². The molecule has 1 saturated heterocycles. The Morgan fingerprint density at radius 1 is 1.56 bits per heavy atom. The summed E-state index contributed by atoms with van der Waals surface area (Å²) in [6, 6.07) is 0. The standard InChI is InChI=1S/C5H8F2NO/c6-5(7)9-4-1-2-8-3-4/h4-5H,1-3H2. The Labute approximate surface area is 52.2 Å². The van der Waals surface area contributed by atoms with Crippen LogP contribution in [-0.4, -0.2) is 25.8 Å². The summed E-state index contributed by atoms with van der Waals surface area (Å²) >= 11 is 0. The summed E-state index contributed by atoms with van der Waals surface area (Å²) in [4.78, 5) is 0. The van der Waals surface area contributed by atoms with E-state index in [1.807, 2.05) is 0 Å². The molecule has 1 fully saturated rings. The number of hydrogen-bond acceptors (Lipinski definition) is 1. The van der Waals surface area contributed by atoms with E-state index in [0.29, 0.717) is 19.5 Å². The van der Waals surface area contributed by atoms with E-state index in [2.05, 4.69) is 10.1 Å². The van der Waals surface area contributed by atoms with Gasteiger partial charge >= 0.3 is 6.61 Å². The largest absolute Gasteiger partial charge is 0.345 e. The highest BCUT2D eigenvalue weighted by Crippen LogP contribution is 2.08. The van der Waals surface area contributed by atoms with Crippen LogP contribution in [0.25, 0.3) is 0 Å². The second-order valence-electron chi connectivity index (χ2n) is 1.94. The van der Waals surface area contributed by atoms with Crippen LogP contribution in [0.4, 0.5) is 8.78 Å². The quantitative estimate of drug-likeness (QED) is 0.545. The Hall–Kier alpha value is -0.220. The zero-order valence-corrected chi connectivity index (χ0v) is 4.89. The van der Waals surface area contributed by atoms with E-state index in [1.54, 1.807) is 0 Å². The SMILES string of the molecule is FC(F)OC1CC[N]C1. The summed E-state index contributed by atoms with van der Waals surface area (Å²) in [7, 11) is 0. The van der Waals surface area contributed by atoms with Gasteiger partial charge in [-0.15, -0.1) is 0 Å². The van der Waals surface area contributed by atoms with Crippen molar-refractivity contribution >= 4 is 0 Å². The van der Waals surface area contributed by atoms with E-state index in [1.165, 1.54) is 0 Å². The number of halogens is 2. The predicted octanol–water partition coefficient (Wildman–Crippen LogP) is 0.602. The molecule has 0 saturated carbocycles. The first-order valence-electron chi connectivity index (χ1n) is 2.86. The fraction of sp³-hybridized carbons (Fsp3) is 1.00. The second-order valence-corrected chi connectivity index (χ2v) is 1.94. The first-order chi connectivity index (χ1) is 4.29. The van der Waals surface area contributed by atoms with Gasteiger partial charge in [0.1, 0.15) is 0 Å². The van der Waals surface area contributed by atoms with Gasteiger partial charge in [0.25, 0.3) is 0 Å². The minimum Gasteiger partial charge on any atom is -0.318 e. The van der Waals surface area contributed by atoms with Gasteiger partial charge in [-0.3, -0.25) is 0 Å². The zero-order chi connectivity index (χ0) is 6.69. The van der Waals surface area contributed by atoms with Crippen LogP contribution >= 0.6 is 0 Å². The van der Waals surface area contributed by atoms with Gasteiger partial charge in [0, 0.05) is 13.1 Å². The summed E-state index contributed by atoms with van der Waals surface area (Å²) in [5, 5.41) is 3.86. The lowest BCUT2D eigenvalue weighted by Crippen LogP contribution is -2.16. The summed E-state index contributed by atoms with van der Waals surface area (Å²) in [6.45, 7) is -1.54. The molecule has 0 bridgehead atoms. The van der Waals surface area contributed by atoms with Crippen LogP contribution in [0, 0.1) is 0 Å². The van der Waals surface area contributed by atoms with Crippen LogP contribution < -0.4 is 5.32 Å². The van der Waals surface area contributed by atoms with Crippen LogP contribution in [0.2, 0.25) is 0 Å². The topological polar surface area (TPSA) is 23.3 Å². The molecule has 4 heteroatoms. The Balaban J connectivity index is 2.11. The first-order valence-corrected chi connectivity index (χ1v) is 2.86. The first kappa shape index (κ1) is 6.89. The molecule has 1 aliphatic heterocycles. The van der Waals surface area contributed by atoms with Gasteiger partial charge in [0.05, 0.1) is 6.10 Å². The van der Waals surface area contributed by atoms with Crippen molar-refractivity contribution in [1.29, 1.82) is 0 Å². The van der Waals surface area contributed by atoms with Gasteiger partial charge in [0.2, 0.25) is 0 Å². The highest BCUT2D eigenvalue weighted by molar-refractivity contribution is 4.69. The molecule has 1 radical (unpaired) electrons. The molecule has 1 atom stereocenters. The molecule has 0 amide bonds. The molecule has 9 heavy (non-hydrogen) atoms. The number of hydrogen-bond donors (Lipinski definition) is 0. The molecule has 2 nitrogen and oxygen atoms in total. The average Bonchev–Trinajstić information content (AvgIpc) is 2.15. The molecule has 1 unspecified atom stereocenters. The van der Waals surface area contributed by atoms with Gasteiger partial charge < -0.3 is 4.74 Å². The van der Waals surface area contributed by atoms with Crippen LogP contribution in [0.15, 0.2) is 0 Å². The van der Waals surface area contributed by atoms with Crippen molar-refractivity contribution in [2.24, 2.45) is 0 Å². The Bertz CT molecular complexity index is 83.0. The highest BCUT2D eigenvalue weighted by Gasteiger charge is 2.19.